The molecule has 202 valence electrons. The molecule has 2 heterocycles. The summed E-state index contributed by atoms with van der Waals surface area (Å²) < 4.78 is 16.6. The molecule has 8 nitrogen and oxygen atoms in total. The largest absolute Gasteiger partial charge is 0.493 e. The monoisotopic (exact) mass is 503 g/mol. The summed E-state index contributed by atoms with van der Waals surface area (Å²) in [6.07, 6.45) is 4.84. The van der Waals surface area contributed by atoms with E-state index < -0.39 is 11.5 Å². The van der Waals surface area contributed by atoms with E-state index >= 15 is 0 Å². The maximum Gasteiger partial charge on any atom is 0.242 e. The van der Waals surface area contributed by atoms with Crippen molar-refractivity contribution in [3.8, 4) is 11.5 Å². The van der Waals surface area contributed by atoms with Gasteiger partial charge in [0.05, 0.1) is 26.2 Å². The molecule has 0 aliphatic carbocycles. The predicted octanol–water partition coefficient (Wildman–Crippen LogP) is 3.52. The first-order valence-electron chi connectivity index (χ1n) is 13.4. The van der Waals surface area contributed by atoms with Crippen LogP contribution in [0.15, 0.2) is 18.2 Å². The molecule has 2 aliphatic rings. The summed E-state index contributed by atoms with van der Waals surface area (Å²) >= 11 is 0. The summed E-state index contributed by atoms with van der Waals surface area (Å²) in [6, 6.07) is 5.41. The van der Waals surface area contributed by atoms with Crippen LogP contribution in [0.3, 0.4) is 0 Å². The number of nitrogens with one attached hydrogen (secondary N) is 2. The molecule has 2 atom stereocenters. The number of hydrogen-bond donors (Lipinski definition) is 2. The Bertz CT molecular complexity index is 867. The average Bonchev–Trinajstić information content (AvgIpc) is 2.86. The van der Waals surface area contributed by atoms with Gasteiger partial charge in [-0.15, -0.1) is 0 Å². The molecule has 8 heteroatoms. The van der Waals surface area contributed by atoms with Crippen molar-refractivity contribution in [3.05, 3.63) is 23.8 Å². The molecule has 2 fully saturated rings. The maximum absolute atomic E-state index is 13.8. The molecule has 36 heavy (non-hydrogen) atoms. The van der Waals surface area contributed by atoms with E-state index in [0.29, 0.717) is 25.6 Å². The molecule has 1 aromatic rings. The first-order valence-corrected chi connectivity index (χ1v) is 13.4. The minimum absolute atomic E-state index is 0.0295. The van der Waals surface area contributed by atoms with Crippen LogP contribution in [-0.4, -0.2) is 69.3 Å². The molecular formula is C28H45N3O5. The van der Waals surface area contributed by atoms with Gasteiger partial charge in [-0.25, -0.2) is 0 Å². The fourth-order valence-electron chi connectivity index (χ4n) is 5.29. The van der Waals surface area contributed by atoms with Crippen LogP contribution < -0.4 is 20.1 Å². The second-order valence-corrected chi connectivity index (χ2v) is 10.8. The SMILES string of the molecule is COc1ccc(CN2CCC3(CCCCOC[C@@H](C)NC(=O)[C@H](CC(C)C)NC3=O)CC2)cc1OC. The van der Waals surface area contributed by atoms with Crippen molar-refractivity contribution in [2.75, 3.05) is 40.5 Å². The molecule has 3 rings (SSSR count). The van der Waals surface area contributed by atoms with Gasteiger partial charge in [-0.1, -0.05) is 26.3 Å². The van der Waals surface area contributed by atoms with Gasteiger partial charge in [0, 0.05) is 19.2 Å². The zero-order valence-corrected chi connectivity index (χ0v) is 22.7. The molecule has 1 aromatic carbocycles. The van der Waals surface area contributed by atoms with Crippen LogP contribution in [0.2, 0.25) is 0 Å². The van der Waals surface area contributed by atoms with Gasteiger partial charge in [0.2, 0.25) is 11.8 Å². The van der Waals surface area contributed by atoms with Gasteiger partial charge in [-0.05, 0) is 75.7 Å². The zero-order valence-electron chi connectivity index (χ0n) is 22.7. The van der Waals surface area contributed by atoms with E-state index in [-0.39, 0.29) is 17.9 Å². The molecule has 1 spiro atoms. The minimum atomic E-state index is -0.526. The molecule has 2 aliphatic heterocycles. The van der Waals surface area contributed by atoms with Crippen molar-refractivity contribution in [2.45, 2.75) is 77.9 Å². The molecular weight excluding hydrogens is 458 g/mol. The second kappa shape index (κ2) is 13.3. The Hall–Kier alpha value is -2.32. The topological polar surface area (TPSA) is 89.1 Å². The Morgan fingerprint density at radius 1 is 1.06 bits per heavy atom. The number of benzene rings is 1. The Labute approximate surface area is 216 Å². The van der Waals surface area contributed by atoms with Crippen molar-refractivity contribution in [1.82, 2.24) is 15.5 Å². The van der Waals surface area contributed by atoms with E-state index in [4.69, 9.17) is 14.2 Å². The van der Waals surface area contributed by atoms with Crippen LogP contribution in [0.4, 0.5) is 0 Å². The number of carbonyl (C=O) groups is 2. The summed E-state index contributed by atoms with van der Waals surface area (Å²) in [7, 11) is 3.29. The predicted molar refractivity (Wildman–Crippen MR) is 140 cm³/mol. The second-order valence-electron chi connectivity index (χ2n) is 10.8. The van der Waals surface area contributed by atoms with E-state index in [1.807, 2.05) is 19.1 Å². The van der Waals surface area contributed by atoms with E-state index in [9.17, 15) is 9.59 Å². The Morgan fingerprint density at radius 3 is 2.44 bits per heavy atom. The lowest BCUT2D eigenvalue weighted by Crippen LogP contribution is -2.55. The number of likely N-dealkylation sites (tertiary alicyclic amines) is 1. The molecule has 0 saturated carbocycles. The summed E-state index contributed by atoms with van der Waals surface area (Å²) in [5.74, 6) is 1.65. The van der Waals surface area contributed by atoms with Crippen LogP contribution in [-0.2, 0) is 20.9 Å². The number of piperidine rings is 1. The summed E-state index contributed by atoms with van der Waals surface area (Å²) in [5, 5.41) is 6.20. The van der Waals surface area contributed by atoms with Crippen molar-refractivity contribution in [3.63, 3.8) is 0 Å². The Kier molecular flexibility index (Phi) is 10.4. The standard InChI is InChI=1S/C28H45N3O5/c1-20(2)16-23-26(32)29-21(3)19-36-15-7-6-10-28(27(33)30-23)11-13-31(14-12-28)18-22-8-9-24(34-4)25(17-22)35-5/h8-9,17,20-21,23H,6-7,10-16,18-19H2,1-5H3,(H,29,32)(H,30,33)/t21-,23+/m1/s1. The first kappa shape index (κ1) is 28.3. The van der Waals surface area contributed by atoms with Gasteiger partial charge in [0.25, 0.3) is 0 Å². The van der Waals surface area contributed by atoms with Crippen molar-refractivity contribution in [1.29, 1.82) is 0 Å². The van der Waals surface area contributed by atoms with Crippen molar-refractivity contribution >= 4 is 11.8 Å². The third kappa shape index (κ3) is 7.59. The lowest BCUT2D eigenvalue weighted by molar-refractivity contribution is -0.138. The number of hydrogen-bond acceptors (Lipinski definition) is 6. The van der Waals surface area contributed by atoms with E-state index in [2.05, 4.69) is 35.4 Å². The van der Waals surface area contributed by atoms with Gasteiger partial charge < -0.3 is 24.8 Å². The number of ether oxygens (including phenoxy) is 3. The summed E-state index contributed by atoms with van der Waals surface area (Å²) in [6.45, 7) is 9.70. The molecule has 2 amide bonds. The smallest absolute Gasteiger partial charge is 0.242 e. The van der Waals surface area contributed by atoms with Crippen LogP contribution >= 0.6 is 0 Å². The Morgan fingerprint density at radius 2 is 1.78 bits per heavy atom. The summed E-state index contributed by atoms with van der Waals surface area (Å²) in [4.78, 5) is 29.2. The number of methoxy groups -OCH3 is 2. The Balaban J connectivity index is 1.71. The normalized spacial score (nSPS) is 24.3. The maximum atomic E-state index is 13.8. The molecule has 0 radical (unpaired) electrons. The quantitative estimate of drug-likeness (QED) is 0.618. The van der Waals surface area contributed by atoms with Gasteiger partial charge in [0.1, 0.15) is 6.04 Å². The van der Waals surface area contributed by atoms with Crippen LogP contribution in [0.5, 0.6) is 11.5 Å². The van der Waals surface area contributed by atoms with E-state index in [1.165, 1.54) is 0 Å². The molecule has 0 bridgehead atoms. The highest BCUT2D eigenvalue weighted by Gasteiger charge is 2.42. The first-order chi connectivity index (χ1) is 17.3. The van der Waals surface area contributed by atoms with Crippen LogP contribution in [0.1, 0.15) is 64.9 Å². The van der Waals surface area contributed by atoms with Gasteiger partial charge in [0.15, 0.2) is 11.5 Å². The van der Waals surface area contributed by atoms with Gasteiger partial charge in [-0.3, -0.25) is 14.5 Å². The molecule has 0 aromatic heterocycles. The summed E-state index contributed by atoms with van der Waals surface area (Å²) in [5.41, 5.74) is 0.700. The number of nitrogens with zero attached hydrogens (tertiary/aromatic N) is 1. The third-order valence-electron chi connectivity index (χ3n) is 7.43. The highest BCUT2D eigenvalue weighted by Crippen LogP contribution is 2.38. The van der Waals surface area contributed by atoms with Crippen molar-refractivity contribution in [2.24, 2.45) is 11.3 Å². The average molecular weight is 504 g/mol. The van der Waals surface area contributed by atoms with Crippen LogP contribution in [0.25, 0.3) is 0 Å². The minimum Gasteiger partial charge on any atom is -0.493 e. The lowest BCUT2D eigenvalue weighted by atomic mass is 9.73. The molecule has 2 saturated heterocycles. The highest BCUT2D eigenvalue weighted by atomic mass is 16.5. The van der Waals surface area contributed by atoms with Gasteiger partial charge in [-0.2, -0.15) is 0 Å². The number of rotatable bonds is 6. The highest BCUT2D eigenvalue weighted by molar-refractivity contribution is 5.90. The molecule has 0 unspecified atom stereocenters. The number of amides is 2. The zero-order chi connectivity index (χ0) is 26.1. The fourth-order valence-corrected chi connectivity index (χ4v) is 5.29. The third-order valence-corrected chi connectivity index (χ3v) is 7.43. The number of carbonyl (C=O) groups excluding carboxylic acids is 2. The van der Waals surface area contributed by atoms with Crippen molar-refractivity contribution < 1.29 is 23.8 Å². The van der Waals surface area contributed by atoms with E-state index in [1.54, 1.807) is 14.2 Å². The van der Waals surface area contributed by atoms with E-state index in [0.717, 1.165) is 68.8 Å². The lowest BCUT2D eigenvalue weighted by Gasteiger charge is -2.41. The van der Waals surface area contributed by atoms with Crippen LogP contribution in [0, 0.1) is 11.3 Å². The fraction of sp³-hybridized carbons (Fsp3) is 0.714. The molecule has 2 N–H and O–H groups in total. The van der Waals surface area contributed by atoms with Gasteiger partial charge >= 0.3 is 0 Å².